The van der Waals surface area contributed by atoms with Crippen molar-refractivity contribution in [3.63, 3.8) is 0 Å². The second-order valence-electron chi connectivity index (χ2n) is 9.96. The lowest BCUT2D eigenvalue weighted by Gasteiger charge is -2.14. The molecule has 1 aromatic heterocycles. The Bertz CT molecular complexity index is 1880. The molecule has 232 valence electrons. The van der Waals surface area contributed by atoms with E-state index in [9.17, 15) is 9.59 Å². The molecule has 9 heteroatoms. The van der Waals surface area contributed by atoms with E-state index in [1.54, 1.807) is 33.3 Å². The van der Waals surface area contributed by atoms with E-state index < -0.39 is 0 Å². The molecular formula is C36H34Br2N2O5. The van der Waals surface area contributed by atoms with E-state index in [4.69, 9.17) is 14.2 Å². The van der Waals surface area contributed by atoms with E-state index in [1.807, 2.05) is 92.7 Å². The number of esters is 1. The Morgan fingerprint density at radius 3 is 2.09 bits per heavy atom. The molecule has 5 aromatic rings. The first kappa shape index (κ1) is 33.6. The first-order valence-electron chi connectivity index (χ1n) is 14.2. The fourth-order valence-electron chi connectivity index (χ4n) is 4.77. The standard InChI is InChI=1S/C19H20BrNO3.C17H14BrNO2/c1-4-24-19(22)18(14-8-10-15(20)11-9-14)13(2)21-16-6-5-7-17(12-16)23-3;1-10-16(11-3-5-12(18)6-4-11)17(20)14-8-7-13(21-2)9-15(14)19-10/h5-12,21H,4H2,1-3H3;3-9H,1-2H3,(H,19,20)/b18-13-;. The van der Waals surface area contributed by atoms with Crippen LogP contribution in [-0.2, 0) is 9.53 Å². The summed E-state index contributed by atoms with van der Waals surface area (Å²) in [5, 5.41) is 3.92. The van der Waals surface area contributed by atoms with Gasteiger partial charge in [0.05, 0.1) is 31.9 Å². The molecular weight excluding hydrogens is 700 g/mol. The number of allylic oxidation sites excluding steroid dienone is 1. The van der Waals surface area contributed by atoms with Crippen molar-refractivity contribution in [3.8, 4) is 22.6 Å². The number of H-pyrrole nitrogens is 1. The number of aromatic amines is 1. The highest BCUT2D eigenvalue weighted by Crippen LogP contribution is 2.27. The lowest BCUT2D eigenvalue weighted by Crippen LogP contribution is -2.12. The van der Waals surface area contributed by atoms with E-state index in [-0.39, 0.29) is 11.4 Å². The van der Waals surface area contributed by atoms with Crippen LogP contribution in [0.1, 0.15) is 25.1 Å². The van der Waals surface area contributed by atoms with E-state index >= 15 is 0 Å². The number of ether oxygens (including phenoxy) is 3. The summed E-state index contributed by atoms with van der Waals surface area (Å²) in [6.45, 7) is 5.89. The van der Waals surface area contributed by atoms with Gasteiger partial charge in [-0.2, -0.15) is 0 Å². The molecule has 0 aliphatic heterocycles. The second kappa shape index (κ2) is 15.6. The third-order valence-corrected chi connectivity index (χ3v) is 7.97. The SMILES string of the molecule is CCOC(=O)/C(=C(/C)Nc1cccc(OC)c1)c1ccc(Br)cc1.COc1ccc2c(=O)c(-c3ccc(Br)cc3)c(C)[nH]c2c1. The molecule has 0 atom stereocenters. The average molecular weight is 734 g/mol. The fraction of sp³-hybridized carbons (Fsp3) is 0.167. The molecule has 0 aliphatic carbocycles. The zero-order valence-corrected chi connectivity index (χ0v) is 28.8. The topological polar surface area (TPSA) is 89.7 Å². The Balaban J connectivity index is 0.000000206. The predicted octanol–water partition coefficient (Wildman–Crippen LogP) is 9.14. The molecule has 0 bridgehead atoms. The van der Waals surface area contributed by atoms with Gasteiger partial charge in [-0.25, -0.2) is 4.79 Å². The van der Waals surface area contributed by atoms with Gasteiger partial charge in [0.25, 0.3) is 0 Å². The van der Waals surface area contributed by atoms with Crippen LogP contribution in [0.15, 0.2) is 110 Å². The molecule has 0 amide bonds. The van der Waals surface area contributed by atoms with Gasteiger partial charge in [0.15, 0.2) is 5.43 Å². The number of aromatic nitrogens is 1. The average Bonchev–Trinajstić information content (AvgIpc) is 3.03. The largest absolute Gasteiger partial charge is 0.497 e. The van der Waals surface area contributed by atoms with Crippen LogP contribution in [0.4, 0.5) is 5.69 Å². The summed E-state index contributed by atoms with van der Waals surface area (Å²) in [6, 6.07) is 28.3. The summed E-state index contributed by atoms with van der Waals surface area (Å²) in [5.41, 5.74) is 6.15. The number of anilines is 1. The van der Waals surface area contributed by atoms with Gasteiger partial charge >= 0.3 is 5.97 Å². The Labute approximate surface area is 279 Å². The number of fused-ring (bicyclic) bond motifs is 1. The first-order valence-corrected chi connectivity index (χ1v) is 15.7. The van der Waals surface area contributed by atoms with Crippen molar-refractivity contribution in [2.75, 3.05) is 26.1 Å². The van der Waals surface area contributed by atoms with E-state index in [2.05, 4.69) is 42.2 Å². The third kappa shape index (κ3) is 8.44. The number of pyridine rings is 1. The number of nitrogens with one attached hydrogen (secondary N) is 2. The van der Waals surface area contributed by atoms with Crippen LogP contribution in [0.2, 0.25) is 0 Å². The van der Waals surface area contributed by atoms with E-state index in [0.717, 1.165) is 48.5 Å². The summed E-state index contributed by atoms with van der Waals surface area (Å²) in [5.74, 6) is 1.12. The van der Waals surface area contributed by atoms with Gasteiger partial charge in [0.1, 0.15) is 11.5 Å². The van der Waals surface area contributed by atoms with Gasteiger partial charge in [-0.05, 0) is 80.4 Å². The minimum Gasteiger partial charge on any atom is -0.497 e. The number of carbonyl (C=O) groups is 1. The van der Waals surface area contributed by atoms with E-state index in [0.29, 0.717) is 28.8 Å². The number of benzene rings is 4. The summed E-state index contributed by atoms with van der Waals surface area (Å²) in [6.07, 6.45) is 0. The van der Waals surface area contributed by atoms with Crippen molar-refractivity contribution in [1.82, 2.24) is 4.98 Å². The second-order valence-corrected chi connectivity index (χ2v) is 11.8. The van der Waals surface area contributed by atoms with Gasteiger partial charge in [-0.1, -0.05) is 62.2 Å². The normalized spacial score (nSPS) is 11.2. The first-order chi connectivity index (χ1) is 21.6. The maximum atomic E-state index is 12.8. The molecule has 0 saturated carbocycles. The van der Waals surface area contributed by atoms with Crippen molar-refractivity contribution in [2.45, 2.75) is 20.8 Å². The minimum atomic E-state index is -0.354. The number of hydrogen-bond acceptors (Lipinski definition) is 6. The zero-order valence-electron chi connectivity index (χ0n) is 25.7. The highest BCUT2D eigenvalue weighted by molar-refractivity contribution is 9.10. The van der Waals surface area contributed by atoms with Crippen molar-refractivity contribution in [3.05, 3.63) is 127 Å². The van der Waals surface area contributed by atoms with Crippen molar-refractivity contribution in [1.29, 1.82) is 0 Å². The van der Waals surface area contributed by atoms with Gasteiger partial charge < -0.3 is 24.5 Å². The van der Waals surface area contributed by atoms with Gasteiger partial charge in [0.2, 0.25) is 0 Å². The lowest BCUT2D eigenvalue weighted by molar-refractivity contribution is -0.136. The summed E-state index contributed by atoms with van der Waals surface area (Å²) in [4.78, 5) is 28.5. The summed E-state index contributed by atoms with van der Waals surface area (Å²) >= 11 is 6.82. The van der Waals surface area contributed by atoms with Crippen LogP contribution >= 0.6 is 31.9 Å². The maximum Gasteiger partial charge on any atom is 0.340 e. The molecule has 5 rings (SSSR count). The fourth-order valence-corrected chi connectivity index (χ4v) is 5.30. The van der Waals surface area contributed by atoms with Gasteiger partial charge in [0, 0.05) is 49.1 Å². The number of halogens is 2. The number of rotatable bonds is 8. The van der Waals surface area contributed by atoms with Crippen molar-refractivity contribution in [2.24, 2.45) is 0 Å². The maximum absolute atomic E-state index is 12.8. The molecule has 0 fully saturated rings. The third-order valence-electron chi connectivity index (χ3n) is 6.92. The van der Waals surface area contributed by atoms with Crippen LogP contribution in [0.25, 0.3) is 27.6 Å². The quantitative estimate of drug-likeness (QED) is 0.122. The number of carbonyl (C=O) groups excluding carboxylic acids is 1. The van der Waals surface area contributed by atoms with Crippen LogP contribution in [0.5, 0.6) is 11.5 Å². The predicted molar refractivity (Wildman–Crippen MR) is 189 cm³/mol. The molecule has 0 aliphatic rings. The Morgan fingerprint density at radius 1 is 0.844 bits per heavy atom. The molecule has 0 saturated heterocycles. The monoisotopic (exact) mass is 732 g/mol. The summed E-state index contributed by atoms with van der Waals surface area (Å²) in [7, 11) is 3.23. The van der Waals surface area contributed by atoms with Gasteiger partial charge in [-0.15, -0.1) is 0 Å². The number of aryl methyl sites for hydroxylation is 1. The molecule has 1 heterocycles. The van der Waals surface area contributed by atoms with Crippen molar-refractivity contribution >= 4 is 60.0 Å². The van der Waals surface area contributed by atoms with Gasteiger partial charge in [-0.3, -0.25) is 4.79 Å². The minimum absolute atomic E-state index is 0.0335. The number of methoxy groups -OCH3 is 2. The zero-order chi connectivity index (χ0) is 32.5. The molecule has 0 spiro atoms. The molecule has 7 nitrogen and oxygen atoms in total. The highest BCUT2D eigenvalue weighted by atomic mass is 79.9. The van der Waals surface area contributed by atoms with Crippen molar-refractivity contribution < 1.29 is 19.0 Å². The van der Waals surface area contributed by atoms with Crippen LogP contribution in [0, 0.1) is 6.92 Å². The smallest absolute Gasteiger partial charge is 0.340 e. The van der Waals surface area contributed by atoms with Crippen LogP contribution in [-0.4, -0.2) is 31.8 Å². The molecule has 0 unspecified atom stereocenters. The Hall–Kier alpha value is -4.34. The Morgan fingerprint density at radius 2 is 1.47 bits per heavy atom. The van der Waals surface area contributed by atoms with E-state index in [1.165, 1.54) is 0 Å². The molecule has 0 radical (unpaired) electrons. The van der Waals surface area contributed by atoms with Crippen LogP contribution in [0.3, 0.4) is 0 Å². The lowest BCUT2D eigenvalue weighted by atomic mass is 10.0. The molecule has 45 heavy (non-hydrogen) atoms. The number of hydrogen-bond donors (Lipinski definition) is 2. The molecule has 2 N–H and O–H groups in total. The summed E-state index contributed by atoms with van der Waals surface area (Å²) < 4.78 is 17.6. The Kier molecular flexibility index (Phi) is 11.6. The van der Waals surface area contributed by atoms with Crippen LogP contribution < -0.4 is 20.2 Å². The molecule has 4 aromatic carbocycles. The highest BCUT2D eigenvalue weighted by Gasteiger charge is 2.17.